The molecule has 0 aliphatic carbocycles. The molecule has 2 aromatic rings. The van der Waals surface area contributed by atoms with Crippen molar-refractivity contribution in [3.8, 4) is 0 Å². The van der Waals surface area contributed by atoms with Crippen molar-refractivity contribution in [3.63, 3.8) is 0 Å². The molecule has 18 heavy (non-hydrogen) atoms. The molecule has 0 fully saturated rings. The lowest BCUT2D eigenvalue weighted by atomic mass is 9.93. The van der Waals surface area contributed by atoms with Gasteiger partial charge in [-0.05, 0) is 55.0 Å². The maximum atomic E-state index is 6.29. The van der Waals surface area contributed by atoms with Gasteiger partial charge in [0.15, 0.2) is 0 Å². The van der Waals surface area contributed by atoms with E-state index in [1.165, 1.54) is 16.7 Å². The zero-order valence-corrected chi connectivity index (χ0v) is 12.4. The predicted molar refractivity (Wildman–Crippen MR) is 79.9 cm³/mol. The predicted octanol–water partition coefficient (Wildman–Crippen LogP) is 5.51. The van der Waals surface area contributed by atoms with Crippen LogP contribution in [0.3, 0.4) is 0 Å². The summed E-state index contributed by atoms with van der Waals surface area (Å²) in [5, 5.41) is 1.37. The number of hydrogen-bond donors (Lipinski definition) is 0. The van der Waals surface area contributed by atoms with Crippen molar-refractivity contribution >= 4 is 23.2 Å². The summed E-state index contributed by atoms with van der Waals surface area (Å²) in [4.78, 5) is 0. The van der Waals surface area contributed by atoms with Crippen LogP contribution in [-0.2, 0) is 6.42 Å². The Morgan fingerprint density at radius 3 is 1.94 bits per heavy atom. The van der Waals surface area contributed by atoms with Crippen LogP contribution in [0.15, 0.2) is 30.3 Å². The topological polar surface area (TPSA) is 0 Å². The lowest BCUT2D eigenvalue weighted by Gasteiger charge is -2.16. The zero-order chi connectivity index (χ0) is 13.3. The maximum absolute atomic E-state index is 6.29. The van der Waals surface area contributed by atoms with Gasteiger partial charge in [0.1, 0.15) is 0 Å². The molecule has 0 unspecified atom stereocenters. The summed E-state index contributed by atoms with van der Waals surface area (Å²) in [6.07, 6.45) is 0.899. The Hall–Kier alpha value is -0.980. The van der Waals surface area contributed by atoms with E-state index in [2.05, 4.69) is 31.2 Å². The lowest BCUT2D eigenvalue weighted by Crippen LogP contribution is -2.00. The molecule has 0 N–H and O–H groups in total. The first-order valence-corrected chi connectivity index (χ1v) is 6.75. The number of halogens is 2. The van der Waals surface area contributed by atoms with Crippen LogP contribution in [0.5, 0.6) is 0 Å². The van der Waals surface area contributed by atoms with Gasteiger partial charge in [0.2, 0.25) is 0 Å². The smallest absolute Gasteiger partial charge is 0.0627 e. The van der Waals surface area contributed by atoms with Crippen LogP contribution in [-0.4, -0.2) is 0 Å². The van der Waals surface area contributed by atoms with Crippen LogP contribution in [0.1, 0.15) is 27.8 Å². The summed E-state index contributed by atoms with van der Waals surface area (Å²) in [5.41, 5.74) is 5.99. The quantitative estimate of drug-likeness (QED) is 0.680. The SMILES string of the molecule is Cc1c(C)c(Cc2ccccc2)c(C)c(Cl)c1Cl. The van der Waals surface area contributed by atoms with Gasteiger partial charge in [0.25, 0.3) is 0 Å². The molecule has 0 bridgehead atoms. The molecule has 0 aromatic heterocycles. The summed E-state index contributed by atoms with van der Waals surface area (Å²) < 4.78 is 0. The first-order chi connectivity index (χ1) is 8.52. The number of benzene rings is 2. The zero-order valence-electron chi connectivity index (χ0n) is 10.8. The van der Waals surface area contributed by atoms with Crippen LogP contribution in [0.2, 0.25) is 10.0 Å². The summed E-state index contributed by atoms with van der Waals surface area (Å²) in [7, 11) is 0. The fourth-order valence-electron chi connectivity index (χ4n) is 2.20. The van der Waals surface area contributed by atoms with E-state index in [0.29, 0.717) is 10.0 Å². The molecule has 0 aliphatic heterocycles. The van der Waals surface area contributed by atoms with Gasteiger partial charge in [-0.25, -0.2) is 0 Å². The molecule has 2 rings (SSSR count). The normalized spacial score (nSPS) is 10.7. The van der Waals surface area contributed by atoms with Gasteiger partial charge in [-0.1, -0.05) is 53.5 Å². The Bertz CT molecular complexity index is 542. The molecule has 0 aliphatic rings. The molecule has 0 saturated carbocycles. The standard InChI is InChI=1S/C16H16Cl2/c1-10-11(2)15(17)16(18)12(3)14(10)9-13-7-5-4-6-8-13/h4-8H,9H2,1-3H3. The van der Waals surface area contributed by atoms with Crippen LogP contribution in [0.4, 0.5) is 0 Å². The highest BCUT2D eigenvalue weighted by atomic mass is 35.5. The molecule has 0 amide bonds. The van der Waals surface area contributed by atoms with Gasteiger partial charge >= 0.3 is 0 Å². The molecule has 0 atom stereocenters. The van der Waals surface area contributed by atoms with Crippen molar-refractivity contribution in [2.24, 2.45) is 0 Å². The Balaban J connectivity index is 2.52. The van der Waals surface area contributed by atoms with Crippen molar-refractivity contribution in [1.29, 1.82) is 0 Å². The van der Waals surface area contributed by atoms with Crippen molar-refractivity contribution in [3.05, 3.63) is 68.2 Å². The molecule has 0 radical (unpaired) electrons. The van der Waals surface area contributed by atoms with E-state index in [9.17, 15) is 0 Å². The molecule has 0 saturated heterocycles. The fraction of sp³-hybridized carbons (Fsp3) is 0.250. The second-order valence-corrected chi connectivity index (χ2v) is 5.40. The highest BCUT2D eigenvalue weighted by molar-refractivity contribution is 6.43. The van der Waals surface area contributed by atoms with Crippen molar-refractivity contribution in [2.75, 3.05) is 0 Å². The highest BCUT2D eigenvalue weighted by Crippen LogP contribution is 2.35. The van der Waals surface area contributed by atoms with E-state index in [-0.39, 0.29) is 0 Å². The van der Waals surface area contributed by atoms with Gasteiger partial charge in [-0.2, -0.15) is 0 Å². The Labute approximate surface area is 119 Å². The molecular formula is C16H16Cl2. The summed E-state index contributed by atoms with van der Waals surface area (Å²) >= 11 is 12.5. The number of rotatable bonds is 2. The van der Waals surface area contributed by atoms with Crippen molar-refractivity contribution < 1.29 is 0 Å². The van der Waals surface area contributed by atoms with E-state index >= 15 is 0 Å². The fourth-order valence-corrected chi connectivity index (χ4v) is 2.74. The molecule has 0 heterocycles. The van der Waals surface area contributed by atoms with Gasteiger partial charge in [-0.3, -0.25) is 0 Å². The van der Waals surface area contributed by atoms with Crippen molar-refractivity contribution in [1.82, 2.24) is 0 Å². The molecule has 0 nitrogen and oxygen atoms in total. The van der Waals surface area contributed by atoms with Crippen LogP contribution in [0, 0.1) is 20.8 Å². The van der Waals surface area contributed by atoms with E-state index in [0.717, 1.165) is 17.5 Å². The second-order valence-electron chi connectivity index (χ2n) is 4.64. The first kappa shape index (κ1) is 13.5. The second kappa shape index (κ2) is 5.34. The Morgan fingerprint density at radius 2 is 1.33 bits per heavy atom. The molecule has 2 heteroatoms. The lowest BCUT2D eigenvalue weighted by molar-refractivity contribution is 1.10. The molecule has 2 aromatic carbocycles. The summed E-state index contributed by atoms with van der Waals surface area (Å²) in [6, 6.07) is 10.4. The van der Waals surface area contributed by atoms with Gasteiger partial charge in [0, 0.05) is 0 Å². The van der Waals surface area contributed by atoms with E-state index in [1.807, 2.05) is 19.9 Å². The summed E-state index contributed by atoms with van der Waals surface area (Å²) in [6.45, 7) is 6.18. The Morgan fingerprint density at radius 1 is 0.778 bits per heavy atom. The highest BCUT2D eigenvalue weighted by Gasteiger charge is 2.14. The average Bonchev–Trinajstić information content (AvgIpc) is 2.40. The van der Waals surface area contributed by atoms with E-state index in [1.54, 1.807) is 0 Å². The minimum absolute atomic E-state index is 0.684. The van der Waals surface area contributed by atoms with Gasteiger partial charge in [-0.15, -0.1) is 0 Å². The summed E-state index contributed by atoms with van der Waals surface area (Å²) in [5.74, 6) is 0. The molecule has 94 valence electrons. The van der Waals surface area contributed by atoms with E-state index in [4.69, 9.17) is 23.2 Å². The minimum atomic E-state index is 0.684. The maximum Gasteiger partial charge on any atom is 0.0627 e. The van der Waals surface area contributed by atoms with E-state index < -0.39 is 0 Å². The first-order valence-electron chi connectivity index (χ1n) is 6.00. The van der Waals surface area contributed by atoms with Crippen LogP contribution in [0.25, 0.3) is 0 Å². The number of hydrogen-bond acceptors (Lipinski definition) is 0. The Kier molecular flexibility index (Phi) is 3.99. The monoisotopic (exact) mass is 278 g/mol. The van der Waals surface area contributed by atoms with Gasteiger partial charge < -0.3 is 0 Å². The van der Waals surface area contributed by atoms with Crippen molar-refractivity contribution in [2.45, 2.75) is 27.2 Å². The third-order valence-electron chi connectivity index (χ3n) is 3.54. The largest absolute Gasteiger partial charge is 0.0824 e. The van der Waals surface area contributed by atoms with Crippen LogP contribution < -0.4 is 0 Å². The van der Waals surface area contributed by atoms with Gasteiger partial charge in [0.05, 0.1) is 10.0 Å². The molecular weight excluding hydrogens is 263 g/mol. The molecule has 0 spiro atoms. The third-order valence-corrected chi connectivity index (χ3v) is 4.58. The third kappa shape index (κ3) is 2.41. The minimum Gasteiger partial charge on any atom is -0.0824 e. The average molecular weight is 279 g/mol. The van der Waals surface area contributed by atoms with Crippen LogP contribution >= 0.6 is 23.2 Å².